The van der Waals surface area contributed by atoms with E-state index in [1.807, 2.05) is 30.3 Å². The third kappa shape index (κ3) is 2.69. The van der Waals surface area contributed by atoms with Gasteiger partial charge in [-0.1, -0.05) is 30.3 Å². The lowest BCUT2D eigenvalue weighted by atomic mass is 10.2. The Morgan fingerprint density at radius 2 is 2.10 bits per heavy atom. The van der Waals surface area contributed by atoms with Crippen molar-refractivity contribution in [2.24, 2.45) is 0 Å². The standard InChI is InChI=1S/C14H14N4O2/c19-14-18(8-9-20-14)12-6-7-15-13(17-12)16-10-11-4-2-1-3-5-11/h1-7H,8-10H2,(H,15,16,17). The van der Waals surface area contributed by atoms with Crippen molar-refractivity contribution in [2.45, 2.75) is 6.54 Å². The summed E-state index contributed by atoms with van der Waals surface area (Å²) < 4.78 is 4.90. The van der Waals surface area contributed by atoms with Gasteiger partial charge in [-0.15, -0.1) is 0 Å². The highest BCUT2D eigenvalue weighted by molar-refractivity contribution is 5.88. The van der Waals surface area contributed by atoms with Gasteiger partial charge in [-0.2, -0.15) is 4.98 Å². The first kappa shape index (κ1) is 12.4. The van der Waals surface area contributed by atoms with Crippen molar-refractivity contribution in [1.29, 1.82) is 0 Å². The van der Waals surface area contributed by atoms with Gasteiger partial charge in [0.1, 0.15) is 12.4 Å². The molecule has 1 saturated heterocycles. The second-order valence-electron chi connectivity index (χ2n) is 4.34. The minimum atomic E-state index is -0.363. The Hall–Kier alpha value is -2.63. The lowest BCUT2D eigenvalue weighted by molar-refractivity contribution is 0.181. The first-order valence-corrected chi connectivity index (χ1v) is 6.38. The Kier molecular flexibility index (Phi) is 3.45. The van der Waals surface area contributed by atoms with Gasteiger partial charge in [-0.25, -0.2) is 9.78 Å². The summed E-state index contributed by atoms with van der Waals surface area (Å²) in [5.74, 6) is 1.05. The molecule has 6 nitrogen and oxygen atoms in total. The number of ether oxygens (including phenoxy) is 1. The highest BCUT2D eigenvalue weighted by atomic mass is 16.6. The van der Waals surface area contributed by atoms with Crippen LogP contribution in [0.2, 0.25) is 0 Å². The largest absolute Gasteiger partial charge is 0.447 e. The Bertz CT molecular complexity index is 603. The molecule has 1 aromatic carbocycles. The Morgan fingerprint density at radius 1 is 1.25 bits per heavy atom. The molecule has 1 amide bonds. The van der Waals surface area contributed by atoms with E-state index in [-0.39, 0.29) is 6.09 Å². The van der Waals surface area contributed by atoms with Gasteiger partial charge in [0.25, 0.3) is 0 Å². The van der Waals surface area contributed by atoms with Crippen LogP contribution >= 0.6 is 0 Å². The van der Waals surface area contributed by atoms with E-state index in [1.54, 1.807) is 12.3 Å². The van der Waals surface area contributed by atoms with E-state index in [0.29, 0.717) is 31.5 Å². The second-order valence-corrected chi connectivity index (χ2v) is 4.34. The van der Waals surface area contributed by atoms with Gasteiger partial charge in [0, 0.05) is 12.7 Å². The number of carbonyl (C=O) groups is 1. The third-order valence-corrected chi connectivity index (χ3v) is 2.97. The van der Waals surface area contributed by atoms with Crippen LogP contribution in [-0.4, -0.2) is 29.2 Å². The van der Waals surface area contributed by atoms with Gasteiger partial charge in [0.2, 0.25) is 5.95 Å². The smallest absolute Gasteiger partial charge is 0.415 e. The van der Waals surface area contributed by atoms with Crippen LogP contribution < -0.4 is 10.2 Å². The predicted molar refractivity (Wildman–Crippen MR) is 74.5 cm³/mol. The second kappa shape index (κ2) is 5.56. The van der Waals surface area contributed by atoms with E-state index in [4.69, 9.17) is 4.74 Å². The molecule has 0 aliphatic carbocycles. The molecule has 0 unspecified atom stereocenters. The topological polar surface area (TPSA) is 67.3 Å². The van der Waals surface area contributed by atoms with Crippen molar-refractivity contribution in [1.82, 2.24) is 9.97 Å². The molecule has 1 N–H and O–H groups in total. The summed E-state index contributed by atoms with van der Waals surface area (Å²) in [4.78, 5) is 21.5. The summed E-state index contributed by atoms with van der Waals surface area (Å²) in [5, 5.41) is 3.14. The van der Waals surface area contributed by atoms with E-state index < -0.39 is 0 Å². The minimum Gasteiger partial charge on any atom is -0.447 e. The average Bonchev–Trinajstić information content (AvgIpc) is 2.93. The number of carbonyl (C=O) groups excluding carboxylic acids is 1. The van der Waals surface area contributed by atoms with Crippen LogP contribution in [0, 0.1) is 0 Å². The molecular weight excluding hydrogens is 256 g/mol. The van der Waals surface area contributed by atoms with Crippen LogP contribution in [0.25, 0.3) is 0 Å². The van der Waals surface area contributed by atoms with E-state index >= 15 is 0 Å². The number of hydrogen-bond donors (Lipinski definition) is 1. The molecule has 3 rings (SSSR count). The quantitative estimate of drug-likeness (QED) is 0.921. The molecule has 1 aromatic heterocycles. The summed E-state index contributed by atoms with van der Waals surface area (Å²) in [6.07, 6.45) is 1.26. The van der Waals surface area contributed by atoms with Crippen LogP contribution in [0.5, 0.6) is 0 Å². The summed E-state index contributed by atoms with van der Waals surface area (Å²) in [6.45, 7) is 1.55. The van der Waals surface area contributed by atoms with Crippen LogP contribution in [0.1, 0.15) is 5.56 Å². The summed E-state index contributed by atoms with van der Waals surface area (Å²) in [7, 11) is 0. The molecule has 102 valence electrons. The molecule has 1 fully saturated rings. The highest BCUT2D eigenvalue weighted by Gasteiger charge is 2.24. The predicted octanol–water partition coefficient (Wildman–Crippen LogP) is 2.05. The number of nitrogens with one attached hydrogen (secondary N) is 1. The maximum Gasteiger partial charge on any atom is 0.415 e. The molecule has 0 atom stereocenters. The first-order chi connectivity index (χ1) is 9.83. The van der Waals surface area contributed by atoms with Crippen LogP contribution in [0.15, 0.2) is 42.6 Å². The van der Waals surface area contributed by atoms with E-state index in [2.05, 4.69) is 15.3 Å². The van der Waals surface area contributed by atoms with Gasteiger partial charge in [-0.3, -0.25) is 4.90 Å². The molecule has 0 saturated carbocycles. The Morgan fingerprint density at radius 3 is 2.85 bits per heavy atom. The normalized spacial score (nSPS) is 14.2. The van der Waals surface area contributed by atoms with Crippen molar-refractivity contribution in [3.05, 3.63) is 48.2 Å². The first-order valence-electron chi connectivity index (χ1n) is 6.38. The molecule has 0 spiro atoms. The van der Waals surface area contributed by atoms with E-state index in [9.17, 15) is 4.79 Å². The van der Waals surface area contributed by atoms with E-state index in [0.717, 1.165) is 5.56 Å². The molecule has 0 bridgehead atoms. The molecule has 6 heteroatoms. The van der Waals surface area contributed by atoms with Crippen molar-refractivity contribution in [3.8, 4) is 0 Å². The van der Waals surface area contributed by atoms with Gasteiger partial charge >= 0.3 is 6.09 Å². The molecule has 1 aliphatic rings. The molecule has 2 aromatic rings. The van der Waals surface area contributed by atoms with Gasteiger partial charge in [0.15, 0.2) is 0 Å². The zero-order valence-corrected chi connectivity index (χ0v) is 10.8. The summed E-state index contributed by atoms with van der Waals surface area (Å²) in [6, 6.07) is 11.7. The number of anilines is 2. The Balaban J connectivity index is 1.70. The summed E-state index contributed by atoms with van der Waals surface area (Å²) in [5.41, 5.74) is 1.14. The maximum absolute atomic E-state index is 11.5. The zero-order valence-electron chi connectivity index (χ0n) is 10.8. The molecule has 0 radical (unpaired) electrons. The maximum atomic E-state index is 11.5. The molecule has 2 heterocycles. The van der Waals surface area contributed by atoms with Crippen LogP contribution in [-0.2, 0) is 11.3 Å². The van der Waals surface area contributed by atoms with E-state index in [1.165, 1.54) is 4.90 Å². The van der Waals surface area contributed by atoms with Gasteiger partial charge in [-0.05, 0) is 11.6 Å². The summed E-state index contributed by atoms with van der Waals surface area (Å²) >= 11 is 0. The van der Waals surface area contributed by atoms with Crippen molar-refractivity contribution < 1.29 is 9.53 Å². The van der Waals surface area contributed by atoms with Crippen LogP contribution in [0.3, 0.4) is 0 Å². The zero-order chi connectivity index (χ0) is 13.8. The van der Waals surface area contributed by atoms with Crippen molar-refractivity contribution in [2.75, 3.05) is 23.4 Å². The minimum absolute atomic E-state index is 0.363. The number of aromatic nitrogens is 2. The van der Waals surface area contributed by atoms with Crippen LogP contribution in [0.4, 0.5) is 16.6 Å². The monoisotopic (exact) mass is 270 g/mol. The number of cyclic esters (lactones) is 1. The van der Waals surface area contributed by atoms with Crippen molar-refractivity contribution >= 4 is 17.9 Å². The number of nitrogens with zero attached hydrogens (tertiary/aromatic N) is 3. The number of rotatable bonds is 4. The average molecular weight is 270 g/mol. The lowest BCUT2D eigenvalue weighted by Gasteiger charge is -2.12. The van der Waals surface area contributed by atoms with Crippen molar-refractivity contribution in [3.63, 3.8) is 0 Å². The lowest BCUT2D eigenvalue weighted by Crippen LogP contribution is -2.24. The van der Waals surface area contributed by atoms with Gasteiger partial charge < -0.3 is 10.1 Å². The fourth-order valence-electron chi connectivity index (χ4n) is 1.96. The molecule has 1 aliphatic heterocycles. The number of benzene rings is 1. The third-order valence-electron chi connectivity index (χ3n) is 2.97. The number of hydrogen-bond acceptors (Lipinski definition) is 5. The Labute approximate surface area is 116 Å². The SMILES string of the molecule is O=C1OCCN1c1ccnc(NCc2ccccc2)n1. The molecular formula is C14H14N4O2. The highest BCUT2D eigenvalue weighted by Crippen LogP contribution is 2.16. The van der Waals surface area contributed by atoms with Gasteiger partial charge in [0.05, 0.1) is 6.54 Å². The number of amides is 1. The fourth-order valence-corrected chi connectivity index (χ4v) is 1.96. The molecule has 20 heavy (non-hydrogen) atoms. The fraction of sp³-hybridized carbons (Fsp3) is 0.214.